The predicted octanol–water partition coefficient (Wildman–Crippen LogP) is 2.55. The van der Waals surface area contributed by atoms with Crippen LogP contribution in [-0.4, -0.2) is 56.8 Å². The Kier molecular flexibility index (Phi) is 4.38. The molecule has 0 bridgehead atoms. The molecule has 0 radical (unpaired) electrons. The van der Waals surface area contributed by atoms with Crippen LogP contribution in [0.4, 0.5) is 11.6 Å². The van der Waals surface area contributed by atoms with Crippen molar-refractivity contribution in [3.05, 3.63) is 24.2 Å². The monoisotopic (exact) mass is 435 g/mol. The maximum Gasteiger partial charge on any atom is 0.257 e. The van der Waals surface area contributed by atoms with Gasteiger partial charge in [-0.15, -0.1) is 5.10 Å². The molecule has 10 nitrogen and oxygen atoms in total. The van der Waals surface area contributed by atoms with Crippen LogP contribution in [0.15, 0.2) is 18.5 Å². The molecule has 0 aromatic carbocycles. The Labute approximate surface area is 185 Å². The fourth-order valence-electron chi connectivity index (χ4n) is 4.91. The number of nitriles is 1. The van der Waals surface area contributed by atoms with Gasteiger partial charge in [0.25, 0.3) is 5.88 Å². The third-order valence-electron chi connectivity index (χ3n) is 7.01. The summed E-state index contributed by atoms with van der Waals surface area (Å²) in [4.78, 5) is 9.23. The molecule has 3 aromatic rings. The van der Waals surface area contributed by atoms with Crippen molar-refractivity contribution in [2.24, 2.45) is 18.4 Å². The lowest BCUT2D eigenvalue weighted by atomic mass is 9.64. The van der Waals surface area contributed by atoms with Gasteiger partial charge >= 0.3 is 0 Å². The second-order valence-corrected chi connectivity index (χ2v) is 9.21. The summed E-state index contributed by atoms with van der Waals surface area (Å²) >= 11 is 0. The van der Waals surface area contributed by atoms with Crippen LogP contribution in [0, 0.1) is 22.7 Å². The first-order valence-corrected chi connectivity index (χ1v) is 11.0. The Bertz CT molecular complexity index is 1220. The Balaban J connectivity index is 1.31. The topological polar surface area (TPSA) is 112 Å². The third kappa shape index (κ3) is 2.96. The lowest BCUT2D eigenvalue weighted by Gasteiger charge is -2.53. The summed E-state index contributed by atoms with van der Waals surface area (Å²) in [6, 6.07) is 4.20. The standard InChI is InChI=1S/C22H25N7O3/c1-13-9-30-10-17(13)29-15(6-23)5-14-7-24-21(26-19(14)29)25-16-8-28(2)27-20(16)32-18-3-4-22(18)11-31-12-22/h5,7-8,13,17-18H,3-4,9-12H2,1-2H3,(H,24,25,26)/t13-,17-,18+/m0/s1. The first-order valence-electron chi connectivity index (χ1n) is 11.0. The van der Waals surface area contributed by atoms with Crippen LogP contribution in [-0.2, 0) is 16.5 Å². The van der Waals surface area contributed by atoms with Crippen LogP contribution in [0.2, 0.25) is 0 Å². The molecule has 2 saturated heterocycles. The van der Waals surface area contributed by atoms with Crippen molar-refractivity contribution in [2.75, 3.05) is 31.7 Å². The number of fused-ring (bicyclic) bond motifs is 1. The van der Waals surface area contributed by atoms with Crippen molar-refractivity contribution in [3.8, 4) is 11.9 Å². The van der Waals surface area contributed by atoms with Gasteiger partial charge in [0.2, 0.25) is 5.95 Å². The molecule has 10 heteroatoms. The fraction of sp³-hybridized carbons (Fsp3) is 0.545. The summed E-state index contributed by atoms with van der Waals surface area (Å²) in [6.07, 6.45) is 5.86. The Morgan fingerprint density at radius 1 is 1.31 bits per heavy atom. The maximum atomic E-state index is 9.68. The SMILES string of the molecule is C[C@H]1COC[C@@H]1n1c(C#N)cc2cnc(Nc3cn(C)nc3O[C@@H]3CCC34COC4)nc21. The molecule has 1 spiro atoms. The van der Waals surface area contributed by atoms with Crippen molar-refractivity contribution >= 4 is 22.7 Å². The highest BCUT2D eigenvalue weighted by Gasteiger charge is 2.54. The predicted molar refractivity (Wildman–Crippen MR) is 115 cm³/mol. The van der Waals surface area contributed by atoms with Gasteiger partial charge in [0.15, 0.2) is 0 Å². The molecular formula is C22H25N7O3. The van der Waals surface area contributed by atoms with Gasteiger partial charge in [-0.1, -0.05) is 6.92 Å². The number of nitrogens with zero attached hydrogens (tertiary/aromatic N) is 6. The van der Waals surface area contributed by atoms with E-state index < -0.39 is 0 Å². The first-order chi connectivity index (χ1) is 15.6. The Morgan fingerprint density at radius 2 is 2.19 bits per heavy atom. The van der Waals surface area contributed by atoms with E-state index in [0.29, 0.717) is 42.3 Å². The van der Waals surface area contributed by atoms with Gasteiger partial charge in [0.05, 0.1) is 44.1 Å². The molecule has 6 rings (SSSR count). The highest BCUT2D eigenvalue weighted by molar-refractivity contribution is 5.79. The summed E-state index contributed by atoms with van der Waals surface area (Å²) in [5.74, 6) is 1.27. The van der Waals surface area contributed by atoms with E-state index in [9.17, 15) is 5.26 Å². The van der Waals surface area contributed by atoms with E-state index in [1.165, 1.54) is 0 Å². The van der Waals surface area contributed by atoms with Gasteiger partial charge in [0, 0.05) is 24.5 Å². The average molecular weight is 435 g/mol. The molecule has 2 aliphatic heterocycles. The second kappa shape index (κ2) is 7.18. The van der Waals surface area contributed by atoms with Crippen LogP contribution in [0.5, 0.6) is 5.88 Å². The zero-order valence-corrected chi connectivity index (χ0v) is 18.1. The molecule has 1 saturated carbocycles. The lowest BCUT2D eigenvalue weighted by Crippen LogP contribution is -2.60. The van der Waals surface area contributed by atoms with Gasteiger partial charge < -0.3 is 24.1 Å². The minimum Gasteiger partial charge on any atom is -0.471 e. The third-order valence-corrected chi connectivity index (χ3v) is 7.01. The lowest BCUT2D eigenvalue weighted by molar-refractivity contribution is -0.214. The highest BCUT2D eigenvalue weighted by atomic mass is 16.5. The number of rotatable bonds is 5. The highest BCUT2D eigenvalue weighted by Crippen LogP contribution is 2.49. The molecule has 3 fully saturated rings. The summed E-state index contributed by atoms with van der Waals surface area (Å²) in [5, 5.41) is 18.3. The van der Waals surface area contributed by atoms with E-state index in [4.69, 9.17) is 19.2 Å². The molecule has 166 valence electrons. The van der Waals surface area contributed by atoms with Gasteiger partial charge in [-0.3, -0.25) is 4.68 Å². The zero-order valence-electron chi connectivity index (χ0n) is 18.1. The van der Waals surface area contributed by atoms with Crippen LogP contribution in [0.25, 0.3) is 11.0 Å². The van der Waals surface area contributed by atoms with E-state index in [-0.39, 0.29) is 17.6 Å². The van der Waals surface area contributed by atoms with E-state index in [0.717, 1.165) is 37.1 Å². The molecule has 3 aromatic heterocycles. The molecule has 32 heavy (non-hydrogen) atoms. The van der Waals surface area contributed by atoms with Crippen molar-refractivity contribution in [3.63, 3.8) is 0 Å². The smallest absolute Gasteiger partial charge is 0.257 e. The van der Waals surface area contributed by atoms with Gasteiger partial charge in [-0.25, -0.2) is 4.98 Å². The van der Waals surface area contributed by atoms with E-state index in [1.807, 2.05) is 23.9 Å². The number of nitrogens with one attached hydrogen (secondary N) is 1. The molecule has 3 aliphatic rings. The van der Waals surface area contributed by atoms with E-state index in [2.05, 4.69) is 28.4 Å². The number of ether oxygens (including phenoxy) is 3. The van der Waals surface area contributed by atoms with Gasteiger partial charge in [0.1, 0.15) is 29.2 Å². The largest absolute Gasteiger partial charge is 0.471 e. The maximum absolute atomic E-state index is 9.68. The molecule has 3 atom stereocenters. The summed E-state index contributed by atoms with van der Waals surface area (Å²) in [5.41, 5.74) is 2.15. The van der Waals surface area contributed by atoms with Crippen LogP contribution < -0.4 is 10.1 Å². The quantitative estimate of drug-likeness (QED) is 0.651. The number of hydrogen-bond donors (Lipinski definition) is 1. The number of aryl methyl sites for hydroxylation is 1. The Morgan fingerprint density at radius 3 is 2.84 bits per heavy atom. The van der Waals surface area contributed by atoms with Crippen molar-refractivity contribution in [1.82, 2.24) is 24.3 Å². The average Bonchev–Trinajstić information content (AvgIpc) is 3.40. The van der Waals surface area contributed by atoms with Crippen LogP contribution >= 0.6 is 0 Å². The normalized spacial score (nSPS) is 26.0. The number of hydrogen-bond acceptors (Lipinski definition) is 8. The van der Waals surface area contributed by atoms with Crippen molar-refractivity contribution in [2.45, 2.75) is 31.9 Å². The van der Waals surface area contributed by atoms with Gasteiger partial charge in [-0.05, 0) is 18.9 Å². The summed E-state index contributed by atoms with van der Waals surface area (Å²) in [6.45, 7) is 4.89. The minimum atomic E-state index is 0.0710. The molecule has 1 aliphatic carbocycles. The number of aromatic nitrogens is 5. The molecule has 1 N–H and O–H groups in total. The summed E-state index contributed by atoms with van der Waals surface area (Å²) in [7, 11) is 1.86. The van der Waals surface area contributed by atoms with E-state index in [1.54, 1.807) is 10.9 Å². The van der Waals surface area contributed by atoms with Gasteiger partial charge in [-0.2, -0.15) is 10.2 Å². The molecular weight excluding hydrogens is 410 g/mol. The molecule has 5 heterocycles. The van der Waals surface area contributed by atoms with E-state index >= 15 is 0 Å². The Hall–Kier alpha value is -3.16. The van der Waals surface area contributed by atoms with Crippen LogP contribution in [0.3, 0.4) is 0 Å². The minimum absolute atomic E-state index is 0.0710. The molecule has 0 unspecified atom stereocenters. The van der Waals surface area contributed by atoms with Crippen molar-refractivity contribution < 1.29 is 14.2 Å². The summed E-state index contributed by atoms with van der Waals surface area (Å²) < 4.78 is 21.0. The van der Waals surface area contributed by atoms with Crippen LogP contribution in [0.1, 0.15) is 31.5 Å². The van der Waals surface area contributed by atoms with Crippen molar-refractivity contribution in [1.29, 1.82) is 5.26 Å². The first kappa shape index (κ1) is 19.5. The zero-order chi connectivity index (χ0) is 21.9. The number of anilines is 2. The second-order valence-electron chi connectivity index (χ2n) is 9.21. The fourth-order valence-corrected chi connectivity index (χ4v) is 4.91. The molecule has 0 amide bonds.